The molecule has 0 saturated carbocycles. The molecule has 3 rings (SSSR count). The van der Waals surface area contributed by atoms with Gasteiger partial charge in [0.1, 0.15) is 0 Å². The van der Waals surface area contributed by atoms with Crippen LogP contribution >= 0.6 is 0 Å². The van der Waals surface area contributed by atoms with Crippen LogP contribution in [-0.2, 0) is 0 Å². The van der Waals surface area contributed by atoms with E-state index in [1.165, 1.54) is 12.8 Å². The van der Waals surface area contributed by atoms with E-state index in [2.05, 4.69) is 27.8 Å². The third-order valence-electron chi connectivity index (χ3n) is 3.56. The number of nitrogens with one attached hydrogen (secondary N) is 2. The van der Waals surface area contributed by atoms with Gasteiger partial charge < -0.3 is 10.6 Å². The molecule has 1 aliphatic heterocycles. The average Bonchev–Trinajstić information content (AvgIpc) is 3.05. The van der Waals surface area contributed by atoms with Crippen LogP contribution in [0.25, 0.3) is 5.65 Å². The van der Waals surface area contributed by atoms with Crippen LogP contribution in [0.5, 0.6) is 0 Å². The highest BCUT2D eigenvalue weighted by atomic mass is 15.3. The quantitative estimate of drug-likeness (QED) is 0.848. The molecule has 0 aromatic carbocycles. The summed E-state index contributed by atoms with van der Waals surface area (Å²) < 4.78 is 2.04. The van der Waals surface area contributed by atoms with Crippen LogP contribution in [0.4, 0.5) is 0 Å². The van der Waals surface area contributed by atoms with E-state index >= 15 is 0 Å². The van der Waals surface area contributed by atoms with Gasteiger partial charge in [-0.05, 0) is 38.4 Å². The van der Waals surface area contributed by atoms with Gasteiger partial charge in [-0.15, -0.1) is 10.2 Å². The molecule has 5 nitrogen and oxygen atoms in total. The van der Waals surface area contributed by atoms with Crippen molar-refractivity contribution in [2.24, 2.45) is 0 Å². The highest BCUT2D eigenvalue weighted by molar-refractivity contribution is 5.37. The van der Waals surface area contributed by atoms with Gasteiger partial charge in [-0.3, -0.25) is 4.40 Å². The summed E-state index contributed by atoms with van der Waals surface area (Å²) in [4.78, 5) is 0. The molecule has 2 aromatic heterocycles. The molecule has 2 N–H and O–H groups in total. The summed E-state index contributed by atoms with van der Waals surface area (Å²) in [6.45, 7) is 4.27. The first-order valence-electron chi connectivity index (χ1n) is 6.61. The molecule has 0 radical (unpaired) electrons. The van der Waals surface area contributed by atoms with Crippen LogP contribution in [-0.4, -0.2) is 33.7 Å². The second-order valence-electron chi connectivity index (χ2n) is 4.91. The fourth-order valence-electron chi connectivity index (χ4n) is 2.50. The number of aromatic nitrogens is 3. The fourth-order valence-corrected chi connectivity index (χ4v) is 2.50. The van der Waals surface area contributed by atoms with E-state index in [4.69, 9.17) is 0 Å². The smallest absolute Gasteiger partial charge is 0.160 e. The third kappa shape index (κ3) is 2.23. The van der Waals surface area contributed by atoms with Gasteiger partial charge >= 0.3 is 0 Å². The second-order valence-corrected chi connectivity index (χ2v) is 4.91. The molecule has 2 atom stereocenters. The molecule has 0 spiro atoms. The zero-order chi connectivity index (χ0) is 12.4. The zero-order valence-electron chi connectivity index (χ0n) is 10.6. The fraction of sp³-hybridized carbons (Fsp3) is 0.538. The normalized spacial score (nSPS) is 21.5. The maximum Gasteiger partial charge on any atom is 0.160 e. The lowest BCUT2D eigenvalue weighted by Gasteiger charge is -2.16. The van der Waals surface area contributed by atoms with Crippen molar-refractivity contribution >= 4 is 5.65 Å². The van der Waals surface area contributed by atoms with Gasteiger partial charge in [0.2, 0.25) is 0 Å². The van der Waals surface area contributed by atoms with Crippen molar-refractivity contribution in [3.63, 3.8) is 0 Å². The van der Waals surface area contributed by atoms with Crippen molar-refractivity contribution in [3.05, 3.63) is 30.2 Å². The van der Waals surface area contributed by atoms with Gasteiger partial charge in [0, 0.05) is 18.8 Å². The van der Waals surface area contributed by atoms with Gasteiger partial charge in [-0.25, -0.2) is 0 Å². The maximum atomic E-state index is 4.27. The Bertz CT molecular complexity index is 515. The van der Waals surface area contributed by atoms with Crippen LogP contribution < -0.4 is 10.6 Å². The minimum absolute atomic E-state index is 0.213. The number of pyridine rings is 1. The Labute approximate surface area is 107 Å². The van der Waals surface area contributed by atoms with Crippen LogP contribution in [0, 0.1) is 0 Å². The van der Waals surface area contributed by atoms with E-state index in [0.29, 0.717) is 6.04 Å². The summed E-state index contributed by atoms with van der Waals surface area (Å²) in [5.41, 5.74) is 0.903. The summed E-state index contributed by atoms with van der Waals surface area (Å²) in [6, 6.07) is 6.78. The average molecular weight is 245 g/mol. The first-order chi connectivity index (χ1) is 8.84. The SMILES string of the molecule is CC(NCC1CCCN1)c1nnc2ccccn12. The van der Waals surface area contributed by atoms with E-state index in [1.807, 2.05) is 28.8 Å². The molecule has 3 heterocycles. The van der Waals surface area contributed by atoms with Crippen molar-refractivity contribution in [3.8, 4) is 0 Å². The molecule has 96 valence electrons. The van der Waals surface area contributed by atoms with E-state index < -0.39 is 0 Å². The highest BCUT2D eigenvalue weighted by Gasteiger charge is 2.17. The monoisotopic (exact) mass is 245 g/mol. The number of rotatable bonds is 4. The Hall–Kier alpha value is -1.46. The lowest BCUT2D eigenvalue weighted by Crippen LogP contribution is -2.35. The Balaban J connectivity index is 1.69. The van der Waals surface area contributed by atoms with Gasteiger partial charge in [0.25, 0.3) is 0 Å². The van der Waals surface area contributed by atoms with Gasteiger partial charge in [-0.1, -0.05) is 6.07 Å². The van der Waals surface area contributed by atoms with Gasteiger partial charge in [0.05, 0.1) is 6.04 Å². The van der Waals surface area contributed by atoms with Crippen LogP contribution in [0.1, 0.15) is 31.6 Å². The Kier molecular flexibility index (Phi) is 3.25. The molecule has 18 heavy (non-hydrogen) atoms. The molecule has 1 fully saturated rings. The Morgan fingerprint density at radius 3 is 3.28 bits per heavy atom. The molecule has 1 aliphatic rings. The molecular weight excluding hydrogens is 226 g/mol. The summed E-state index contributed by atoms with van der Waals surface area (Å²) in [5.74, 6) is 0.976. The molecule has 5 heteroatoms. The largest absolute Gasteiger partial charge is 0.313 e. The molecule has 2 unspecified atom stereocenters. The standard InChI is InChI=1S/C13H19N5/c1-10(15-9-11-5-4-7-14-11)13-17-16-12-6-2-3-8-18(12)13/h2-3,6,8,10-11,14-15H,4-5,7,9H2,1H3. The Morgan fingerprint density at radius 1 is 1.50 bits per heavy atom. The van der Waals surface area contributed by atoms with Gasteiger partial charge in [0.15, 0.2) is 11.5 Å². The van der Waals surface area contributed by atoms with E-state index in [1.54, 1.807) is 0 Å². The number of hydrogen-bond acceptors (Lipinski definition) is 4. The lowest BCUT2D eigenvalue weighted by atomic mass is 10.2. The minimum atomic E-state index is 0.213. The van der Waals surface area contributed by atoms with Crippen molar-refractivity contribution < 1.29 is 0 Å². The van der Waals surface area contributed by atoms with Crippen LogP contribution in [0.15, 0.2) is 24.4 Å². The summed E-state index contributed by atoms with van der Waals surface area (Å²) in [5, 5.41) is 15.5. The van der Waals surface area contributed by atoms with E-state index in [-0.39, 0.29) is 6.04 Å². The molecule has 0 aliphatic carbocycles. The summed E-state index contributed by atoms with van der Waals surface area (Å²) >= 11 is 0. The number of hydrogen-bond donors (Lipinski definition) is 2. The first kappa shape index (κ1) is 11.6. The molecular formula is C13H19N5. The highest BCUT2D eigenvalue weighted by Crippen LogP contribution is 2.12. The summed E-state index contributed by atoms with van der Waals surface area (Å²) in [7, 11) is 0. The van der Waals surface area contributed by atoms with Crippen molar-refractivity contribution in [2.45, 2.75) is 31.8 Å². The maximum absolute atomic E-state index is 4.27. The van der Waals surface area contributed by atoms with E-state index in [0.717, 1.165) is 24.6 Å². The zero-order valence-corrected chi connectivity index (χ0v) is 10.6. The van der Waals surface area contributed by atoms with Crippen molar-refractivity contribution in [2.75, 3.05) is 13.1 Å². The predicted octanol–water partition coefficient (Wildman–Crippen LogP) is 1.13. The molecule has 0 bridgehead atoms. The second kappa shape index (κ2) is 5.04. The van der Waals surface area contributed by atoms with Crippen LogP contribution in [0.3, 0.4) is 0 Å². The molecule has 2 aromatic rings. The van der Waals surface area contributed by atoms with Crippen molar-refractivity contribution in [1.82, 2.24) is 25.2 Å². The lowest BCUT2D eigenvalue weighted by molar-refractivity contribution is 0.475. The Morgan fingerprint density at radius 2 is 2.44 bits per heavy atom. The molecule has 1 saturated heterocycles. The first-order valence-corrected chi connectivity index (χ1v) is 6.61. The summed E-state index contributed by atoms with van der Waals surface area (Å²) in [6.07, 6.45) is 4.56. The minimum Gasteiger partial charge on any atom is -0.313 e. The van der Waals surface area contributed by atoms with Crippen molar-refractivity contribution in [1.29, 1.82) is 0 Å². The molecule has 0 amide bonds. The third-order valence-corrected chi connectivity index (χ3v) is 3.56. The number of nitrogens with zero attached hydrogens (tertiary/aromatic N) is 3. The predicted molar refractivity (Wildman–Crippen MR) is 70.4 cm³/mol. The van der Waals surface area contributed by atoms with E-state index in [9.17, 15) is 0 Å². The topological polar surface area (TPSA) is 54.2 Å². The van der Waals surface area contributed by atoms with Crippen LogP contribution in [0.2, 0.25) is 0 Å². The number of fused-ring (bicyclic) bond motifs is 1. The van der Waals surface area contributed by atoms with Gasteiger partial charge in [-0.2, -0.15) is 0 Å².